The molecule has 6 nitrogen and oxygen atoms in total. The van der Waals surface area contributed by atoms with E-state index < -0.39 is 0 Å². The van der Waals surface area contributed by atoms with Gasteiger partial charge in [0.25, 0.3) is 0 Å². The second kappa shape index (κ2) is 7.73. The van der Waals surface area contributed by atoms with Gasteiger partial charge in [-0.25, -0.2) is 0 Å². The molecule has 0 fully saturated rings. The molecule has 0 spiro atoms. The van der Waals surface area contributed by atoms with Crippen molar-refractivity contribution in [1.82, 2.24) is 20.4 Å². The Labute approximate surface area is 124 Å². The molecule has 0 saturated heterocycles. The SMILES string of the molecule is CCCNCc1ccc(OCc2noc(C(C)C)n2)cn1. The van der Waals surface area contributed by atoms with Crippen LogP contribution in [0.2, 0.25) is 0 Å². The van der Waals surface area contributed by atoms with Crippen molar-refractivity contribution in [2.45, 2.75) is 46.3 Å². The zero-order valence-electron chi connectivity index (χ0n) is 12.8. The first-order valence-electron chi connectivity index (χ1n) is 7.30. The summed E-state index contributed by atoms with van der Waals surface area (Å²) in [4.78, 5) is 8.60. The maximum Gasteiger partial charge on any atom is 0.229 e. The molecule has 0 aromatic carbocycles. The predicted molar refractivity (Wildman–Crippen MR) is 79.0 cm³/mol. The van der Waals surface area contributed by atoms with Crippen LogP contribution in [0.3, 0.4) is 0 Å². The molecule has 6 heteroatoms. The first kappa shape index (κ1) is 15.4. The molecule has 1 N–H and O–H groups in total. The standard InChI is InChI=1S/C15H22N4O2/c1-4-7-16-8-12-5-6-13(9-17-12)20-10-14-18-15(11(2)3)21-19-14/h5-6,9,11,16H,4,7-8,10H2,1-3H3. The summed E-state index contributed by atoms with van der Waals surface area (Å²) in [6, 6.07) is 3.85. The normalized spacial score (nSPS) is 11.0. The van der Waals surface area contributed by atoms with Gasteiger partial charge in [0, 0.05) is 12.5 Å². The zero-order chi connectivity index (χ0) is 15.1. The second-order valence-corrected chi connectivity index (χ2v) is 5.15. The number of ether oxygens (including phenoxy) is 1. The van der Waals surface area contributed by atoms with Gasteiger partial charge in [-0.3, -0.25) is 4.98 Å². The lowest BCUT2D eigenvalue weighted by molar-refractivity contribution is 0.283. The van der Waals surface area contributed by atoms with Crippen molar-refractivity contribution >= 4 is 0 Å². The monoisotopic (exact) mass is 290 g/mol. The molecular weight excluding hydrogens is 268 g/mol. The summed E-state index contributed by atoms with van der Waals surface area (Å²) in [5.74, 6) is 2.10. The van der Waals surface area contributed by atoms with Crippen molar-refractivity contribution in [3.05, 3.63) is 35.7 Å². The summed E-state index contributed by atoms with van der Waals surface area (Å²) in [6.07, 6.45) is 2.83. The number of hydrogen-bond donors (Lipinski definition) is 1. The third kappa shape index (κ3) is 4.82. The fraction of sp³-hybridized carbons (Fsp3) is 0.533. The molecule has 0 aliphatic rings. The van der Waals surface area contributed by atoms with E-state index in [0.29, 0.717) is 17.5 Å². The largest absolute Gasteiger partial charge is 0.484 e. The van der Waals surface area contributed by atoms with Gasteiger partial charge in [-0.15, -0.1) is 0 Å². The lowest BCUT2D eigenvalue weighted by Crippen LogP contribution is -2.14. The van der Waals surface area contributed by atoms with Gasteiger partial charge in [0.2, 0.25) is 11.7 Å². The topological polar surface area (TPSA) is 73.1 Å². The Morgan fingerprint density at radius 1 is 1.33 bits per heavy atom. The van der Waals surface area contributed by atoms with E-state index >= 15 is 0 Å². The summed E-state index contributed by atoms with van der Waals surface area (Å²) in [7, 11) is 0. The summed E-state index contributed by atoms with van der Waals surface area (Å²) < 4.78 is 10.7. The molecular formula is C15H22N4O2. The zero-order valence-corrected chi connectivity index (χ0v) is 12.8. The van der Waals surface area contributed by atoms with E-state index in [1.54, 1.807) is 6.20 Å². The molecule has 0 unspecified atom stereocenters. The minimum atomic E-state index is 0.225. The molecule has 0 aliphatic carbocycles. The van der Waals surface area contributed by atoms with E-state index in [4.69, 9.17) is 9.26 Å². The van der Waals surface area contributed by atoms with Crippen LogP contribution in [0, 0.1) is 0 Å². The molecule has 0 bridgehead atoms. The highest BCUT2D eigenvalue weighted by Crippen LogP contribution is 2.13. The van der Waals surface area contributed by atoms with E-state index in [-0.39, 0.29) is 12.5 Å². The molecule has 0 atom stereocenters. The van der Waals surface area contributed by atoms with Crippen LogP contribution < -0.4 is 10.1 Å². The molecule has 2 heterocycles. The Balaban J connectivity index is 1.82. The van der Waals surface area contributed by atoms with Crippen molar-refractivity contribution in [3.63, 3.8) is 0 Å². The Hall–Kier alpha value is -1.95. The second-order valence-electron chi connectivity index (χ2n) is 5.15. The third-order valence-corrected chi connectivity index (χ3v) is 2.88. The van der Waals surface area contributed by atoms with Crippen molar-refractivity contribution in [2.24, 2.45) is 0 Å². The van der Waals surface area contributed by atoms with Gasteiger partial charge < -0.3 is 14.6 Å². The van der Waals surface area contributed by atoms with E-state index in [1.807, 2.05) is 26.0 Å². The smallest absolute Gasteiger partial charge is 0.229 e. The van der Waals surface area contributed by atoms with E-state index in [0.717, 1.165) is 25.2 Å². The molecule has 114 valence electrons. The Morgan fingerprint density at radius 3 is 2.81 bits per heavy atom. The minimum Gasteiger partial charge on any atom is -0.484 e. The maximum absolute atomic E-state index is 5.60. The Kier molecular flexibility index (Phi) is 5.68. The van der Waals surface area contributed by atoms with Crippen LogP contribution in [0.5, 0.6) is 5.75 Å². The van der Waals surface area contributed by atoms with Gasteiger partial charge in [0.15, 0.2) is 6.61 Å². The average molecular weight is 290 g/mol. The quantitative estimate of drug-likeness (QED) is 0.753. The van der Waals surface area contributed by atoms with E-state index in [1.165, 1.54) is 0 Å². The van der Waals surface area contributed by atoms with Crippen LogP contribution >= 0.6 is 0 Å². The number of rotatable bonds is 8. The Bertz CT molecular complexity index is 537. The molecule has 2 rings (SSSR count). The molecule has 0 aliphatic heterocycles. The third-order valence-electron chi connectivity index (χ3n) is 2.88. The van der Waals surface area contributed by atoms with Gasteiger partial charge in [0.05, 0.1) is 11.9 Å². The lowest BCUT2D eigenvalue weighted by Gasteiger charge is -2.05. The van der Waals surface area contributed by atoms with Gasteiger partial charge in [-0.2, -0.15) is 4.98 Å². The van der Waals surface area contributed by atoms with E-state index in [9.17, 15) is 0 Å². The van der Waals surface area contributed by atoms with Crippen LogP contribution in [0.15, 0.2) is 22.9 Å². The maximum atomic E-state index is 5.60. The van der Waals surface area contributed by atoms with Crippen molar-refractivity contribution in [2.75, 3.05) is 6.54 Å². The first-order chi connectivity index (χ1) is 10.2. The minimum absolute atomic E-state index is 0.225. The first-order valence-corrected chi connectivity index (χ1v) is 7.30. The number of nitrogens with one attached hydrogen (secondary N) is 1. The van der Waals surface area contributed by atoms with Crippen molar-refractivity contribution in [3.8, 4) is 5.75 Å². The van der Waals surface area contributed by atoms with Crippen LogP contribution in [0.1, 0.15) is 50.5 Å². The highest BCUT2D eigenvalue weighted by atomic mass is 16.5. The molecule has 2 aromatic rings. The number of aromatic nitrogens is 3. The molecule has 21 heavy (non-hydrogen) atoms. The predicted octanol–water partition coefficient (Wildman–Crippen LogP) is 2.67. The fourth-order valence-electron chi connectivity index (χ4n) is 1.70. The number of pyridine rings is 1. The number of nitrogens with zero attached hydrogens (tertiary/aromatic N) is 3. The van der Waals surface area contributed by atoms with Crippen molar-refractivity contribution < 1.29 is 9.26 Å². The summed E-state index contributed by atoms with van der Waals surface area (Å²) >= 11 is 0. The number of hydrogen-bond acceptors (Lipinski definition) is 6. The van der Waals surface area contributed by atoms with Crippen LogP contribution in [0.4, 0.5) is 0 Å². The lowest BCUT2D eigenvalue weighted by atomic mass is 10.2. The summed E-state index contributed by atoms with van der Waals surface area (Å²) in [5, 5.41) is 7.18. The summed E-state index contributed by atoms with van der Waals surface area (Å²) in [6.45, 7) is 8.21. The average Bonchev–Trinajstić information content (AvgIpc) is 2.96. The van der Waals surface area contributed by atoms with Crippen LogP contribution in [0.25, 0.3) is 0 Å². The highest BCUT2D eigenvalue weighted by Gasteiger charge is 2.10. The molecule has 2 aromatic heterocycles. The molecule has 0 saturated carbocycles. The van der Waals surface area contributed by atoms with Gasteiger partial charge in [0.1, 0.15) is 5.75 Å². The van der Waals surface area contributed by atoms with Crippen LogP contribution in [-0.2, 0) is 13.2 Å². The Morgan fingerprint density at radius 2 is 2.19 bits per heavy atom. The van der Waals surface area contributed by atoms with Crippen LogP contribution in [-0.4, -0.2) is 21.7 Å². The highest BCUT2D eigenvalue weighted by molar-refractivity contribution is 5.19. The van der Waals surface area contributed by atoms with Gasteiger partial charge >= 0.3 is 0 Å². The van der Waals surface area contributed by atoms with Gasteiger partial charge in [-0.1, -0.05) is 25.9 Å². The van der Waals surface area contributed by atoms with Gasteiger partial charge in [-0.05, 0) is 25.1 Å². The summed E-state index contributed by atoms with van der Waals surface area (Å²) in [5.41, 5.74) is 0.998. The molecule has 0 amide bonds. The van der Waals surface area contributed by atoms with Crippen molar-refractivity contribution in [1.29, 1.82) is 0 Å². The molecule has 0 radical (unpaired) electrons. The van der Waals surface area contributed by atoms with E-state index in [2.05, 4.69) is 27.4 Å². The fourth-order valence-corrected chi connectivity index (χ4v) is 1.70.